The molecule has 0 heterocycles. The molecule has 3 aromatic carbocycles. The van der Waals surface area contributed by atoms with Gasteiger partial charge in [-0.1, -0.05) is 72.8 Å². The maximum absolute atomic E-state index is 10.5. The molecule has 0 saturated carbocycles. The molecule has 0 radical (unpaired) electrons. The van der Waals surface area contributed by atoms with Gasteiger partial charge in [0.2, 0.25) is 0 Å². The lowest BCUT2D eigenvalue weighted by Gasteiger charge is -2.26. The molecule has 0 saturated heterocycles. The fraction of sp³-hybridized carbons (Fsp3) is 0.0909. The molecule has 1 N–H and O–H groups in total. The topological polar surface area (TPSA) is 29.5 Å². The summed E-state index contributed by atoms with van der Waals surface area (Å²) in [5.41, 5.74) is 4.28. The third-order valence-electron chi connectivity index (χ3n) is 4.32. The Morgan fingerprint density at radius 1 is 0.708 bits per heavy atom. The molecule has 0 aliphatic heterocycles. The summed E-state index contributed by atoms with van der Waals surface area (Å²) < 4.78 is 5.98. The zero-order valence-corrected chi connectivity index (χ0v) is 13.2. The number of aliphatic hydroxyl groups is 1. The van der Waals surface area contributed by atoms with Gasteiger partial charge < -0.3 is 9.84 Å². The second-order valence-electron chi connectivity index (χ2n) is 5.91. The lowest BCUT2D eigenvalue weighted by molar-refractivity contribution is 0.0623. The smallest absolute Gasteiger partial charge is 0.147 e. The van der Waals surface area contributed by atoms with E-state index >= 15 is 0 Å². The van der Waals surface area contributed by atoms with Crippen molar-refractivity contribution in [1.82, 2.24) is 0 Å². The van der Waals surface area contributed by atoms with Crippen LogP contribution in [0.3, 0.4) is 0 Å². The predicted octanol–water partition coefficient (Wildman–Crippen LogP) is 4.86. The van der Waals surface area contributed by atoms with Gasteiger partial charge in [-0.25, -0.2) is 0 Å². The summed E-state index contributed by atoms with van der Waals surface area (Å²) in [6.07, 6.45) is 2.89. The zero-order chi connectivity index (χ0) is 16.4. The average molecular weight is 314 g/mol. The maximum Gasteiger partial charge on any atom is 0.147 e. The number of aliphatic hydroxyl groups excluding tert-OH is 1. The van der Waals surface area contributed by atoms with Crippen LogP contribution in [0.1, 0.15) is 17.2 Å². The second-order valence-corrected chi connectivity index (χ2v) is 5.91. The van der Waals surface area contributed by atoms with Crippen LogP contribution < -0.4 is 4.74 Å². The van der Waals surface area contributed by atoms with Gasteiger partial charge in [0.05, 0.1) is 0 Å². The Morgan fingerprint density at radius 2 is 1.38 bits per heavy atom. The predicted molar refractivity (Wildman–Crippen MR) is 96.7 cm³/mol. The summed E-state index contributed by atoms with van der Waals surface area (Å²) >= 11 is 0. The van der Waals surface area contributed by atoms with E-state index in [1.165, 1.54) is 5.56 Å². The highest BCUT2D eigenvalue weighted by atomic mass is 16.5. The third kappa shape index (κ3) is 2.84. The fourth-order valence-electron chi connectivity index (χ4n) is 3.03. The molecule has 4 rings (SSSR count). The van der Waals surface area contributed by atoms with Crippen LogP contribution in [0.2, 0.25) is 0 Å². The van der Waals surface area contributed by atoms with Crippen molar-refractivity contribution in [2.75, 3.05) is 0 Å². The molecule has 2 heteroatoms. The summed E-state index contributed by atoms with van der Waals surface area (Å²) in [5.74, 6) is 0.753. The average Bonchev–Trinajstić information content (AvgIpc) is 2.66. The van der Waals surface area contributed by atoms with E-state index < -0.39 is 6.10 Å². The van der Waals surface area contributed by atoms with Gasteiger partial charge >= 0.3 is 0 Å². The number of hydrogen-bond donors (Lipinski definition) is 1. The molecule has 1 aliphatic carbocycles. The fourth-order valence-corrected chi connectivity index (χ4v) is 3.03. The van der Waals surface area contributed by atoms with E-state index in [1.54, 1.807) is 0 Å². The molecule has 3 aromatic rings. The Labute approximate surface area is 141 Å². The summed E-state index contributed by atoms with van der Waals surface area (Å²) in [5, 5.41) is 10.5. The Kier molecular flexibility index (Phi) is 3.89. The minimum absolute atomic E-state index is 0.373. The molecule has 24 heavy (non-hydrogen) atoms. The first kappa shape index (κ1) is 14.7. The third-order valence-corrected chi connectivity index (χ3v) is 4.32. The maximum atomic E-state index is 10.5. The van der Waals surface area contributed by atoms with Crippen LogP contribution in [-0.4, -0.2) is 11.2 Å². The standard InChI is InChI=1S/C22H18O2/c23-22-20-9-5-4-8-18(20)12-15-21(22)24-19-13-10-17(11-14-19)16-6-2-1-3-7-16/h1-15,21-23H/t21-,22+/m1/s1. The van der Waals surface area contributed by atoms with E-state index in [1.807, 2.05) is 78.9 Å². The minimum Gasteiger partial charge on any atom is -0.483 e. The van der Waals surface area contributed by atoms with Crippen LogP contribution in [0.5, 0.6) is 5.75 Å². The van der Waals surface area contributed by atoms with E-state index in [9.17, 15) is 5.11 Å². The molecule has 2 atom stereocenters. The van der Waals surface area contributed by atoms with Crippen LogP contribution in [0.4, 0.5) is 0 Å². The summed E-state index contributed by atoms with van der Waals surface area (Å²) in [6.45, 7) is 0. The van der Waals surface area contributed by atoms with Crippen molar-refractivity contribution in [3.8, 4) is 16.9 Å². The van der Waals surface area contributed by atoms with Crippen molar-refractivity contribution in [1.29, 1.82) is 0 Å². The Hall–Kier alpha value is -2.84. The molecule has 0 spiro atoms. The molecular formula is C22H18O2. The van der Waals surface area contributed by atoms with Gasteiger partial charge in [-0.05, 0) is 40.5 Å². The molecule has 0 aromatic heterocycles. The van der Waals surface area contributed by atoms with Gasteiger partial charge in [0.1, 0.15) is 18.0 Å². The summed E-state index contributed by atoms with van der Waals surface area (Å²) in [6, 6.07) is 26.1. The molecular weight excluding hydrogens is 296 g/mol. The highest BCUT2D eigenvalue weighted by Crippen LogP contribution is 2.31. The van der Waals surface area contributed by atoms with Crippen LogP contribution in [-0.2, 0) is 0 Å². The second kappa shape index (κ2) is 6.34. The van der Waals surface area contributed by atoms with Gasteiger partial charge in [0.15, 0.2) is 0 Å². The van der Waals surface area contributed by atoms with Gasteiger partial charge in [-0.15, -0.1) is 0 Å². The molecule has 0 fully saturated rings. The highest BCUT2D eigenvalue weighted by Gasteiger charge is 2.25. The number of ether oxygens (including phenoxy) is 1. The van der Waals surface area contributed by atoms with E-state index in [-0.39, 0.29) is 6.10 Å². The monoisotopic (exact) mass is 314 g/mol. The molecule has 118 valence electrons. The van der Waals surface area contributed by atoms with Gasteiger partial charge in [-0.2, -0.15) is 0 Å². The SMILES string of the molecule is O[C@H]1c2ccccc2C=C[C@H]1Oc1ccc(-c2ccccc2)cc1. The first-order valence-corrected chi connectivity index (χ1v) is 8.08. The van der Waals surface area contributed by atoms with E-state index in [0.717, 1.165) is 22.4 Å². The number of fused-ring (bicyclic) bond motifs is 1. The van der Waals surface area contributed by atoms with Crippen molar-refractivity contribution in [2.24, 2.45) is 0 Å². The summed E-state index contributed by atoms with van der Waals surface area (Å²) in [4.78, 5) is 0. The quantitative estimate of drug-likeness (QED) is 0.748. The van der Waals surface area contributed by atoms with Gasteiger partial charge in [0, 0.05) is 0 Å². The van der Waals surface area contributed by atoms with Crippen molar-refractivity contribution in [3.63, 3.8) is 0 Å². The van der Waals surface area contributed by atoms with Gasteiger partial charge in [0.25, 0.3) is 0 Å². The molecule has 0 unspecified atom stereocenters. The molecule has 1 aliphatic rings. The van der Waals surface area contributed by atoms with Gasteiger partial charge in [-0.3, -0.25) is 0 Å². The Balaban J connectivity index is 1.52. The lowest BCUT2D eigenvalue weighted by Crippen LogP contribution is -2.25. The molecule has 0 bridgehead atoms. The minimum atomic E-state index is -0.653. The highest BCUT2D eigenvalue weighted by molar-refractivity contribution is 5.64. The van der Waals surface area contributed by atoms with E-state index in [4.69, 9.17) is 4.74 Å². The van der Waals surface area contributed by atoms with Crippen LogP contribution in [0.25, 0.3) is 17.2 Å². The van der Waals surface area contributed by atoms with Crippen LogP contribution in [0.15, 0.2) is 84.9 Å². The molecule has 0 amide bonds. The van der Waals surface area contributed by atoms with Crippen molar-refractivity contribution < 1.29 is 9.84 Å². The van der Waals surface area contributed by atoms with E-state index in [0.29, 0.717) is 0 Å². The Bertz CT molecular complexity index is 851. The number of rotatable bonds is 3. The molecule has 2 nitrogen and oxygen atoms in total. The normalized spacial score (nSPS) is 18.9. The van der Waals surface area contributed by atoms with Crippen molar-refractivity contribution >= 4 is 6.08 Å². The summed E-state index contributed by atoms with van der Waals surface area (Å²) in [7, 11) is 0. The van der Waals surface area contributed by atoms with Crippen LogP contribution in [0, 0.1) is 0 Å². The van der Waals surface area contributed by atoms with E-state index in [2.05, 4.69) is 12.1 Å². The Morgan fingerprint density at radius 3 is 2.17 bits per heavy atom. The first-order chi connectivity index (χ1) is 11.8. The first-order valence-electron chi connectivity index (χ1n) is 8.08. The van der Waals surface area contributed by atoms with Crippen molar-refractivity contribution in [2.45, 2.75) is 12.2 Å². The zero-order valence-electron chi connectivity index (χ0n) is 13.2. The number of benzene rings is 3. The lowest BCUT2D eigenvalue weighted by atomic mass is 9.93. The largest absolute Gasteiger partial charge is 0.483 e. The van der Waals surface area contributed by atoms with Crippen LogP contribution >= 0.6 is 0 Å². The van der Waals surface area contributed by atoms with Crippen molar-refractivity contribution in [3.05, 3.63) is 96.1 Å². The number of hydrogen-bond acceptors (Lipinski definition) is 2.